The van der Waals surface area contributed by atoms with Gasteiger partial charge in [0.1, 0.15) is 0 Å². The molecule has 3 aromatic heterocycles. The number of fused-ring (bicyclic) bond motifs is 2. The van der Waals surface area contributed by atoms with Gasteiger partial charge in [-0.25, -0.2) is 9.50 Å². The predicted molar refractivity (Wildman–Crippen MR) is 108 cm³/mol. The van der Waals surface area contributed by atoms with Gasteiger partial charge in [0.05, 0.1) is 28.9 Å². The largest absolute Gasteiger partial charge is 0.381 e. The van der Waals surface area contributed by atoms with Crippen LogP contribution in [0.5, 0.6) is 0 Å². The standard InChI is InChI=1S/C21H22N6O/c1-28-16-5-3-15(4-6-16)25-21-24-13-20-17(8-11-27(20)26-21)14-2-7-18-19(12-14)23-10-9-22-18/h2,7-13,15-16H,3-6H2,1H3,(H,25,26)/t15-,16+. The first-order valence-corrected chi connectivity index (χ1v) is 9.65. The first-order valence-electron chi connectivity index (χ1n) is 9.65. The van der Waals surface area contributed by atoms with Gasteiger partial charge in [0.2, 0.25) is 5.95 Å². The molecule has 1 saturated carbocycles. The summed E-state index contributed by atoms with van der Waals surface area (Å²) in [5.74, 6) is 0.667. The van der Waals surface area contributed by atoms with Gasteiger partial charge in [-0.1, -0.05) is 6.07 Å². The first kappa shape index (κ1) is 17.1. The van der Waals surface area contributed by atoms with Crippen LogP contribution in [0, 0.1) is 0 Å². The topological polar surface area (TPSA) is 77.2 Å². The highest BCUT2D eigenvalue weighted by Crippen LogP contribution is 2.28. The van der Waals surface area contributed by atoms with Crippen LogP contribution in [0.3, 0.4) is 0 Å². The number of hydrogen-bond donors (Lipinski definition) is 1. The Hall–Kier alpha value is -3.06. The second kappa shape index (κ2) is 7.16. The van der Waals surface area contributed by atoms with Crippen molar-refractivity contribution in [2.45, 2.75) is 37.8 Å². The SMILES string of the molecule is CO[C@H]1CC[C@@H](Nc2ncc3c(-c4ccc5nccnc5c4)ccn3n2)CC1. The normalized spacial score (nSPS) is 19.9. The molecule has 1 aliphatic rings. The molecule has 0 spiro atoms. The third-order valence-electron chi connectivity index (χ3n) is 5.54. The number of aromatic nitrogens is 5. The van der Waals surface area contributed by atoms with Crippen molar-refractivity contribution < 1.29 is 4.74 Å². The number of ether oxygens (including phenoxy) is 1. The average Bonchev–Trinajstić information content (AvgIpc) is 3.17. The van der Waals surface area contributed by atoms with Crippen molar-refractivity contribution in [3.63, 3.8) is 0 Å². The van der Waals surface area contributed by atoms with Crippen molar-refractivity contribution in [2.24, 2.45) is 0 Å². The molecule has 1 aliphatic carbocycles. The molecular formula is C21H22N6O. The van der Waals surface area contributed by atoms with E-state index in [1.807, 2.05) is 23.0 Å². The Morgan fingerprint density at radius 3 is 2.64 bits per heavy atom. The molecule has 3 heterocycles. The summed E-state index contributed by atoms with van der Waals surface area (Å²) < 4.78 is 7.33. The number of benzene rings is 1. The van der Waals surface area contributed by atoms with Gasteiger partial charge in [-0.2, -0.15) is 0 Å². The third kappa shape index (κ3) is 3.18. The zero-order valence-corrected chi connectivity index (χ0v) is 15.7. The van der Waals surface area contributed by atoms with Crippen LogP contribution in [0.2, 0.25) is 0 Å². The summed E-state index contributed by atoms with van der Waals surface area (Å²) in [5, 5.41) is 8.13. The molecule has 4 aromatic rings. The van der Waals surface area contributed by atoms with Gasteiger partial charge in [-0.3, -0.25) is 9.97 Å². The summed E-state index contributed by atoms with van der Waals surface area (Å²) in [7, 11) is 1.79. The van der Waals surface area contributed by atoms with Crippen molar-refractivity contribution in [3.05, 3.63) is 49.1 Å². The number of anilines is 1. The quantitative estimate of drug-likeness (QED) is 0.587. The van der Waals surface area contributed by atoms with E-state index in [0.717, 1.165) is 53.4 Å². The lowest BCUT2D eigenvalue weighted by atomic mass is 9.93. The fourth-order valence-electron chi connectivity index (χ4n) is 3.97. The van der Waals surface area contributed by atoms with Gasteiger partial charge in [0.25, 0.3) is 0 Å². The number of nitrogens with zero attached hydrogens (tertiary/aromatic N) is 5. The van der Waals surface area contributed by atoms with Crippen LogP contribution in [0.4, 0.5) is 5.95 Å². The minimum atomic E-state index is 0.389. The molecule has 0 unspecified atom stereocenters. The summed E-state index contributed by atoms with van der Waals surface area (Å²) in [6.45, 7) is 0. The van der Waals surface area contributed by atoms with Crippen LogP contribution in [-0.2, 0) is 4.74 Å². The molecule has 0 radical (unpaired) electrons. The second-order valence-electron chi connectivity index (χ2n) is 7.25. The monoisotopic (exact) mass is 374 g/mol. The molecular weight excluding hydrogens is 352 g/mol. The van der Waals surface area contributed by atoms with E-state index in [1.165, 1.54) is 0 Å². The lowest BCUT2D eigenvalue weighted by Crippen LogP contribution is -2.30. The molecule has 7 heteroatoms. The van der Waals surface area contributed by atoms with Crippen LogP contribution in [0.25, 0.3) is 27.7 Å². The van der Waals surface area contributed by atoms with Crippen LogP contribution in [0.15, 0.2) is 49.1 Å². The van der Waals surface area contributed by atoms with Gasteiger partial charge < -0.3 is 10.1 Å². The number of hydrogen-bond acceptors (Lipinski definition) is 6. The fourth-order valence-corrected chi connectivity index (χ4v) is 3.97. The minimum absolute atomic E-state index is 0.389. The smallest absolute Gasteiger partial charge is 0.241 e. The van der Waals surface area contributed by atoms with Crippen molar-refractivity contribution in [1.29, 1.82) is 0 Å². The molecule has 0 aliphatic heterocycles. The average molecular weight is 374 g/mol. The van der Waals surface area contributed by atoms with E-state index in [0.29, 0.717) is 18.1 Å². The highest BCUT2D eigenvalue weighted by atomic mass is 16.5. The molecule has 0 bridgehead atoms. The highest BCUT2D eigenvalue weighted by Gasteiger charge is 2.21. The Labute approximate surface area is 162 Å². The summed E-state index contributed by atoms with van der Waals surface area (Å²) in [6.07, 6.45) is 12.0. The fraction of sp³-hybridized carbons (Fsp3) is 0.333. The molecule has 1 fully saturated rings. The number of nitrogens with one attached hydrogen (secondary N) is 1. The van der Waals surface area contributed by atoms with E-state index < -0.39 is 0 Å². The Balaban J connectivity index is 1.40. The van der Waals surface area contributed by atoms with Gasteiger partial charge in [-0.15, -0.1) is 5.10 Å². The van der Waals surface area contributed by atoms with E-state index in [4.69, 9.17) is 4.74 Å². The zero-order chi connectivity index (χ0) is 18.9. The molecule has 5 rings (SSSR count). The molecule has 7 nitrogen and oxygen atoms in total. The summed E-state index contributed by atoms with van der Waals surface area (Å²) in [4.78, 5) is 13.3. The van der Waals surface area contributed by atoms with E-state index >= 15 is 0 Å². The first-order chi connectivity index (χ1) is 13.8. The van der Waals surface area contributed by atoms with Gasteiger partial charge in [-0.05, 0) is 49.4 Å². The molecule has 1 aromatic carbocycles. The maximum absolute atomic E-state index is 5.45. The van der Waals surface area contributed by atoms with Crippen LogP contribution in [-0.4, -0.2) is 43.8 Å². The maximum Gasteiger partial charge on any atom is 0.241 e. The molecule has 142 valence electrons. The van der Waals surface area contributed by atoms with E-state index in [9.17, 15) is 0 Å². The summed E-state index contributed by atoms with van der Waals surface area (Å²) >= 11 is 0. The van der Waals surface area contributed by atoms with E-state index in [-0.39, 0.29) is 0 Å². The Kier molecular flexibility index (Phi) is 4.37. The summed E-state index contributed by atoms with van der Waals surface area (Å²) in [5.41, 5.74) is 4.90. The molecule has 0 amide bonds. The third-order valence-corrected chi connectivity index (χ3v) is 5.54. The van der Waals surface area contributed by atoms with Crippen LogP contribution >= 0.6 is 0 Å². The number of rotatable bonds is 4. The molecule has 28 heavy (non-hydrogen) atoms. The molecule has 0 saturated heterocycles. The van der Waals surface area contributed by atoms with Gasteiger partial charge >= 0.3 is 0 Å². The predicted octanol–water partition coefficient (Wildman–Crippen LogP) is 3.71. The van der Waals surface area contributed by atoms with Crippen molar-refractivity contribution >= 4 is 22.5 Å². The highest BCUT2D eigenvalue weighted by molar-refractivity contribution is 5.86. The minimum Gasteiger partial charge on any atom is -0.381 e. The Morgan fingerprint density at radius 1 is 1.00 bits per heavy atom. The Morgan fingerprint density at radius 2 is 1.82 bits per heavy atom. The maximum atomic E-state index is 5.45. The molecule has 1 N–H and O–H groups in total. The van der Waals surface area contributed by atoms with Crippen molar-refractivity contribution in [3.8, 4) is 11.1 Å². The van der Waals surface area contributed by atoms with Gasteiger partial charge in [0.15, 0.2) is 0 Å². The lowest BCUT2D eigenvalue weighted by molar-refractivity contribution is 0.0681. The van der Waals surface area contributed by atoms with Crippen molar-refractivity contribution in [2.75, 3.05) is 12.4 Å². The summed E-state index contributed by atoms with van der Waals surface area (Å²) in [6, 6.07) is 8.58. The zero-order valence-electron chi connectivity index (χ0n) is 15.7. The van der Waals surface area contributed by atoms with E-state index in [2.05, 4.69) is 43.6 Å². The van der Waals surface area contributed by atoms with Crippen LogP contribution in [0.1, 0.15) is 25.7 Å². The van der Waals surface area contributed by atoms with E-state index in [1.54, 1.807) is 19.5 Å². The number of methoxy groups -OCH3 is 1. The van der Waals surface area contributed by atoms with Crippen LogP contribution < -0.4 is 5.32 Å². The molecule has 0 atom stereocenters. The van der Waals surface area contributed by atoms with Gasteiger partial charge in [0, 0.05) is 37.3 Å². The van der Waals surface area contributed by atoms with Crippen molar-refractivity contribution in [1.82, 2.24) is 24.6 Å². The second-order valence-corrected chi connectivity index (χ2v) is 7.25. The lowest BCUT2D eigenvalue weighted by Gasteiger charge is -2.28. The Bertz CT molecular complexity index is 1120.